The van der Waals surface area contributed by atoms with E-state index in [-0.39, 0.29) is 23.7 Å². The van der Waals surface area contributed by atoms with E-state index in [4.69, 9.17) is 4.74 Å². The van der Waals surface area contributed by atoms with Crippen LogP contribution in [0.5, 0.6) is 0 Å². The summed E-state index contributed by atoms with van der Waals surface area (Å²) in [5.41, 5.74) is 0.433. The first-order valence-corrected chi connectivity index (χ1v) is 6.69. The van der Waals surface area contributed by atoms with Crippen LogP contribution in [-0.4, -0.2) is 49.1 Å². The van der Waals surface area contributed by atoms with Gasteiger partial charge in [-0.2, -0.15) is 0 Å². The predicted molar refractivity (Wildman–Crippen MR) is 72.4 cm³/mol. The number of ether oxygens (including phenoxy) is 1. The summed E-state index contributed by atoms with van der Waals surface area (Å²) >= 11 is 0. The Hall–Kier alpha value is -1.53. The number of hydrogen-bond donors (Lipinski definition) is 1. The molecule has 0 bridgehead atoms. The Morgan fingerprint density at radius 3 is 3.05 bits per heavy atom. The molecule has 0 unspecified atom stereocenters. The Morgan fingerprint density at radius 1 is 1.60 bits per heavy atom. The highest BCUT2D eigenvalue weighted by Gasteiger charge is 2.34. The van der Waals surface area contributed by atoms with Crippen molar-refractivity contribution < 1.29 is 13.9 Å². The van der Waals surface area contributed by atoms with Crippen molar-refractivity contribution in [2.45, 2.75) is 19.1 Å². The van der Waals surface area contributed by atoms with E-state index in [1.54, 1.807) is 26.4 Å². The molecule has 2 rings (SSSR count). The number of nitrogens with zero attached hydrogens (tertiary/aromatic N) is 2. The highest BCUT2D eigenvalue weighted by atomic mass is 19.1. The van der Waals surface area contributed by atoms with Crippen LogP contribution >= 0.6 is 0 Å². The van der Waals surface area contributed by atoms with Crippen LogP contribution in [0.25, 0.3) is 0 Å². The molecule has 0 aromatic carbocycles. The van der Waals surface area contributed by atoms with Gasteiger partial charge in [-0.15, -0.1) is 0 Å². The topological polar surface area (TPSA) is 54.5 Å². The van der Waals surface area contributed by atoms with Crippen molar-refractivity contribution in [3.05, 3.63) is 29.8 Å². The zero-order chi connectivity index (χ0) is 14.5. The minimum Gasteiger partial charge on any atom is -0.380 e. The van der Waals surface area contributed by atoms with Crippen LogP contribution in [0.1, 0.15) is 12.1 Å². The molecule has 1 aliphatic heterocycles. The van der Waals surface area contributed by atoms with Crippen molar-refractivity contribution in [3.8, 4) is 0 Å². The van der Waals surface area contributed by atoms with E-state index >= 15 is 0 Å². The molecule has 1 aromatic heterocycles. The number of carbonyl (C=O) groups is 1. The van der Waals surface area contributed by atoms with E-state index in [0.717, 1.165) is 0 Å². The number of hydrogen-bond acceptors (Lipinski definition) is 4. The molecule has 5 nitrogen and oxygen atoms in total. The second-order valence-electron chi connectivity index (χ2n) is 5.04. The molecule has 1 amide bonds. The number of pyridine rings is 1. The first-order valence-electron chi connectivity index (χ1n) is 6.69. The van der Waals surface area contributed by atoms with Gasteiger partial charge in [0, 0.05) is 52.3 Å². The molecule has 1 aliphatic rings. The van der Waals surface area contributed by atoms with Gasteiger partial charge in [0.05, 0.1) is 11.8 Å². The van der Waals surface area contributed by atoms with Crippen molar-refractivity contribution in [1.29, 1.82) is 0 Å². The van der Waals surface area contributed by atoms with Gasteiger partial charge in [0.25, 0.3) is 0 Å². The number of aromatic nitrogens is 1. The van der Waals surface area contributed by atoms with Gasteiger partial charge in [-0.1, -0.05) is 0 Å². The maximum Gasteiger partial charge on any atom is 0.220 e. The van der Waals surface area contributed by atoms with Crippen LogP contribution in [0.15, 0.2) is 18.3 Å². The lowest BCUT2D eigenvalue weighted by molar-refractivity contribution is -0.122. The summed E-state index contributed by atoms with van der Waals surface area (Å²) in [4.78, 5) is 17.6. The Balaban J connectivity index is 1.98. The Bertz CT molecular complexity index is 469. The zero-order valence-electron chi connectivity index (χ0n) is 11.8. The third kappa shape index (κ3) is 3.52. The van der Waals surface area contributed by atoms with Crippen LogP contribution < -0.4 is 5.32 Å². The normalized spacial score (nSPS) is 22.9. The standard InChI is InChI=1S/C14H20FN3O2/c1-16-14(19)6-10-7-18(9-13(10)20-2)8-12-11(15)4-3-5-17-12/h3-5,10,13H,6-9H2,1-2H3,(H,16,19)/t10-,13+/m1/s1. The third-order valence-electron chi connectivity index (χ3n) is 3.69. The van der Waals surface area contributed by atoms with E-state index < -0.39 is 0 Å². The summed E-state index contributed by atoms with van der Waals surface area (Å²) in [5.74, 6) is -0.161. The number of likely N-dealkylation sites (tertiary alicyclic amines) is 1. The van der Waals surface area contributed by atoms with Crippen molar-refractivity contribution in [3.63, 3.8) is 0 Å². The highest BCUT2D eigenvalue weighted by Crippen LogP contribution is 2.24. The van der Waals surface area contributed by atoms with Crippen LogP contribution in [0.2, 0.25) is 0 Å². The van der Waals surface area contributed by atoms with E-state index in [1.807, 2.05) is 0 Å². The van der Waals surface area contributed by atoms with E-state index in [0.29, 0.717) is 31.7 Å². The van der Waals surface area contributed by atoms with Crippen LogP contribution in [0, 0.1) is 11.7 Å². The molecule has 2 atom stereocenters. The molecule has 20 heavy (non-hydrogen) atoms. The summed E-state index contributed by atoms with van der Waals surface area (Å²) < 4.78 is 19.0. The fraction of sp³-hybridized carbons (Fsp3) is 0.571. The molecule has 1 saturated heterocycles. The summed E-state index contributed by atoms with van der Waals surface area (Å²) in [7, 11) is 3.27. The van der Waals surface area contributed by atoms with Crippen molar-refractivity contribution >= 4 is 5.91 Å². The zero-order valence-corrected chi connectivity index (χ0v) is 11.8. The SMILES string of the molecule is CNC(=O)C[C@@H]1CN(Cc2ncccc2F)C[C@@H]1OC. The van der Waals surface area contributed by atoms with Crippen LogP contribution in [-0.2, 0) is 16.1 Å². The number of amides is 1. The Kier molecular flexibility index (Phi) is 5.03. The number of nitrogens with one attached hydrogen (secondary N) is 1. The van der Waals surface area contributed by atoms with Crippen LogP contribution in [0.4, 0.5) is 4.39 Å². The third-order valence-corrected chi connectivity index (χ3v) is 3.69. The molecule has 110 valence electrons. The van der Waals surface area contributed by atoms with E-state index in [9.17, 15) is 9.18 Å². The predicted octanol–water partition coefficient (Wildman–Crippen LogP) is 0.804. The van der Waals surface area contributed by atoms with Gasteiger partial charge in [0.15, 0.2) is 0 Å². The molecule has 1 aromatic rings. The lowest BCUT2D eigenvalue weighted by Crippen LogP contribution is -2.28. The maximum absolute atomic E-state index is 13.6. The quantitative estimate of drug-likeness (QED) is 0.867. The van der Waals surface area contributed by atoms with Gasteiger partial charge < -0.3 is 10.1 Å². The second kappa shape index (κ2) is 6.76. The molecule has 2 heterocycles. The second-order valence-corrected chi connectivity index (χ2v) is 5.04. The number of carbonyl (C=O) groups excluding carboxylic acids is 1. The summed E-state index contributed by atoms with van der Waals surface area (Å²) in [6.07, 6.45) is 2.01. The number of halogens is 1. The first kappa shape index (κ1) is 14.9. The summed E-state index contributed by atoms with van der Waals surface area (Å²) in [5, 5.41) is 2.62. The molecule has 1 fully saturated rings. The van der Waals surface area contributed by atoms with Gasteiger partial charge >= 0.3 is 0 Å². The van der Waals surface area contributed by atoms with Gasteiger partial charge in [-0.3, -0.25) is 14.7 Å². The van der Waals surface area contributed by atoms with Gasteiger partial charge in [-0.25, -0.2) is 4.39 Å². The largest absolute Gasteiger partial charge is 0.380 e. The summed E-state index contributed by atoms with van der Waals surface area (Å²) in [6.45, 7) is 1.84. The molecule has 0 saturated carbocycles. The smallest absolute Gasteiger partial charge is 0.220 e. The van der Waals surface area contributed by atoms with Crippen molar-refractivity contribution in [2.24, 2.45) is 5.92 Å². The van der Waals surface area contributed by atoms with Gasteiger partial charge in [0.1, 0.15) is 5.82 Å². The maximum atomic E-state index is 13.6. The Labute approximate surface area is 118 Å². The van der Waals surface area contributed by atoms with E-state index in [2.05, 4.69) is 15.2 Å². The fourth-order valence-corrected chi connectivity index (χ4v) is 2.61. The molecule has 0 radical (unpaired) electrons. The van der Waals surface area contributed by atoms with Gasteiger partial charge in [-0.05, 0) is 12.1 Å². The average molecular weight is 281 g/mol. The average Bonchev–Trinajstić information content (AvgIpc) is 2.83. The number of methoxy groups -OCH3 is 1. The molecule has 0 spiro atoms. The van der Waals surface area contributed by atoms with Crippen molar-refractivity contribution in [1.82, 2.24) is 15.2 Å². The number of rotatable bonds is 5. The molecular formula is C14H20FN3O2. The molecular weight excluding hydrogens is 261 g/mol. The molecule has 1 N–H and O–H groups in total. The highest BCUT2D eigenvalue weighted by molar-refractivity contribution is 5.75. The van der Waals surface area contributed by atoms with Crippen LogP contribution in [0.3, 0.4) is 0 Å². The Morgan fingerprint density at radius 2 is 2.40 bits per heavy atom. The minimum atomic E-state index is -0.295. The van der Waals surface area contributed by atoms with E-state index in [1.165, 1.54) is 6.07 Å². The monoisotopic (exact) mass is 281 g/mol. The van der Waals surface area contributed by atoms with Gasteiger partial charge in [0.2, 0.25) is 5.91 Å². The first-order chi connectivity index (χ1) is 9.63. The van der Waals surface area contributed by atoms with Crippen molar-refractivity contribution in [2.75, 3.05) is 27.2 Å². The molecule has 0 aliphatic carbocycles. The lowest BCUT2D eigenvalue weighted by atomic mass is 10.0. The summed E-state index contributed by atoms with van der Waals surface area (Å²) in [6, 6.07) is 2.99. The molecule has 6 heteroatoms. The lowest BCUT2D eigenvalue weighted by Gasteiger charge is -2.15. The fourth-order valence-electron chi connectivity index (χ4n) is 2.61. The minimum absolute atomic E-state index is 0.000858.